The maximum absolute atomic E-state index is 12.2. The molecule has 0 atom stereocenters. The van der Waals surface area contributed by atoms with E-state index in [-0.39, 0.29) is 5.91 Å². The second-order valence-corrected chi connectivity index (χ2v) is 6.44. The highest BCUT2D eigenvalue weighted by atomic mass is 16.5. The van der Waals surface area contributed by atoms with Gasteiger partial charge in [-0.1, -0.05) is 5.16 Å². The molecule has 1 aliphatic heterocycles. The van der Waals surface area contributed by atoms with Crippen LogP contribution in [0.25, 0.3) is 0 Å². The summed E-state index contributed by atoms with van der Waals surface area (Å²) in [6, 6.07) is 0. The van der Waals surface area contributed by atoms with Gasteiger partial charge in [0.2, 0.25) is 11.8 Å². The van der Waals surface area contributed by atoms with Crippen molar-refractivity contribution in [2.75, 3.05) is 20.1 Å². The van der Waals surface area contributed by atoms with E-state index in [9.17, 15) is 4.79 Å². The fourth-order valence-corrected chi connectivity index (χ4v) is 2.27. The molecule has 0 aliphatic carbocycles. The van der Waals surface area contributed by atoms with Crippen LogP contribution in [0.1, 0.15) is 39.4 Å². The van der Waals surface area contributed by atoms with Crippen LogP contribution in [0.2, 0.25) is 0 Å². The molecule has 1 amide bonds. The largest absolute Gasteiger partial charge is 0.343 e. The summed E-state index contributed by atoms with van der Waals surface area (Å²) >= 11 is 0. The molecule has 0 bridgehead atoms. The molecule has 1 fully saturated rings. The van der Waals surface area contributed by atoms with Gasteiger partial charge in [-0.05, 0) is 27.7 Å². The number of piperazine rings is 1. The Bertz CT molecular complexity index is 503. The highest BCUT2D eigenvalue weighted by molar-refractivity contribution is 5.86. The summed E-state index contributed by atoms with van der Waals surface area (Å²) in [5, 5.41) is 3.90. The van der Waals surface area contributed by atoms with Gasteiger partial charge in [0.15, 0.2) is 5.82 Å². The van der Waals surface area contributed by atoms with Crippen molar-refractivity contribution in [2.24, 2.45) is 5.73 Å². The molecule has 2 N–H and O–H groups in total. The van der Waals surface area contributed by atoms with Crippen LogP contribution in [-0.4, -0.2) is 51.5 Å². The normalized spacial score (nSPS) is 20.5. The van der Waals surface area contributed by atoms with E-state index in [4.69, 9.17) is 10.3 Å². The van der Waals surface area contributed by atoms with Crippen molar-refractivity contribution in [3.63, 3.8) is 0 Å². The van der Waals surface area contributed by atoms with Crippen LogP contribution in [0.5, 0.6) is 0 Å². The summed E-state index contributed by atoms with van der Waals surface area (Å²) < 4.78 is 5.24. The molecule has 1 aromatic rings. The molecule has 0 radical (unpaired) electrons. The summed E-state index contributed by atoms with van der Waals surface area (Å²) in [4.78, 5) is 20.3. The van der Waals surface area contributed by atoms with Gasteiger partial charge in [0.1, 0.15) is 0 Å². The van der Waals surface area contributed by atoms with Crippen molar-refractivity contribution in [1.82, 2.24) is 19.9 Å². The molecule has 2 heterocycles. The van der Waals surface area contributed by atoms with Crippen LogP contribution in [0, 0.1) is 0 Å². The van der Waals surface area contributed by atoms with E-state index < -0.39 is 11.1 Å². The van der Waals surface area contributed by atoms with Crippen molar-refractivity contribution in [3.05, 3.63) is 11.7 Å². The van der Waals surface area contributed by atoms with Crippen molar-refractivity contribution < 1.29 is 9.32 Å². The van der Waals surface area contributed by atoms with Gasteiger partial charge < -0.3 is 15.2 Å². The van der Waals surface area contributed by atoms with E-state index >= 15 is 0 Å². The molecule has 0 aromatic carbocycles. The Kier molecular flexibility index (Phi) is 3.60. The standard InChI is InChI=1S/C13H23N5O2/c1-12(2,14)10-15-9(20-16-10)8-18-7-6-17(5)11(19)13(18,3)4/h6-8,14H2,1-5H3. The van der Waals surface area contributed by atoms with Gasteiger partial charge in [-0.3, -0.25) is 9.69 Å². The summed E-state index contributed by atoms with van der Waals surface area (Å²) in [6.45, 7) is 9.40. The molecule has 1 aliphatic rings. The Morgan fingerprint density at radius 3 is 2.60 bits per heavy atom. The van der Waals surface area contributed by atoms with Crippen LogP contribution < -0.4 is 5.73 Å². The number of hydrogen-bond donors (Lipinski definition) is 1. The molecule has 0 saturated carbocycles. The number of hydrogen-bond acceptors (Lipinski definition) is 6. The quantitative estimate of drug-likeness (QED) is 0.858. The molecule has 7 heteroatoms. The zero-order chi connectivity index (χ0) is 15.1. The van der Waals surface area contributed by atoms with Crippen molar-refractivity contribution in [2.45, 2.75) is 45.3 Å². The Labute approximate surface area is 119 Å². The van der Waals surface area contributed by atoms with E-state index in [0.717, 1.165) is 6.54 Å². The molecular weight excluding hydrogens is 258 g/mol. The maximum Gasteiger partial charge on any atom is 0.242 e. The highest BCUT2D eigenvalue weighted by Gasteiger charge is 2.41. The Morgan fingerprint density at radius 2 is 2.05 bits per heavy atom. The van der Waals surface area contributed by atoms with Crippen molar-refractivity contribution in [3.8, 4) is 0 Å². The third-order valence-corrected chi connectivity index (χ3v) is 3.74. The average Bonchev–Trinajstić information content (AvgIpc) is 2.79. The number of rotatable bonds is 3. The molecule has 2 rings (SSSR count). The summed E-state index contributed by atoms with van der Waals surface area (Å²) in [6.07, 6.45) is 0. The fraction of sp³-hybridized carbons (Fsp3) is 0.769. The van der Waals surface area contributed by atoms with Gasteiger partial charge in [-0.25, -0.2) is 0 Å². The average molecular weight is 281 g/mol. The first kappa shape index (κ1) is 14.9. The van der Waals surface area contributed by atoms with E-state index in [1.54, 1.807) is 4.90 Å². The van der Waals surface area contributed by atoms with Gasteiger partial charge in [0.05, 0.1) is 17.6 Å². The summed E-state index contributed by atoms with van der Waals surface area (Å²) in [5.41, 5.74) is 4.74. The molecular formula is C13H23N5O2. The first-order valence-corrected chi connectivity index (χ1v) is 6.75. The zero-order valence-corrected chi connectivity index (χ0v) is 12.8. The molecule has 1 saturated heterocycles. The topological polar surface area (TPSA) is 88.5 Å². The minimum Gasteiger partial charge on any atom is -0.343 e. The van der Waals surface area contributed by atoms with Crippen LogP contribution in [-0.2, 0) is 16.9 Å². The number of amides is 1. The number of carbonyl (C=O) groups is 1. The Morgan fingerprint density at radius 1 is 1.40 bits per heavy atom. The lowest BCUT2D eigenvalue weighted by molar-refractivity contribution is -0.147. The van der Waals surface area contributed by atoms with Crippen LogP contribution in [0.3, 0.4) is 0 Å². The van der Waals surface area contributed by atoms with E-state index in [1.165, 1.54) is 0 Å². The van der Waals surface area contributed by atoms with Gasteiger partial charge >= 0.3 is 0 Å². The number of likely N-dealkylation sites (N-methyl/N-ethyl adjacent to an activating group) is 1. The minimum atomic E-state index is -0.630. The first-order chi connectivity index (χ1) is 9.12. The number of aromatic nitrogens is 2. The second-order valence-electron chi connectivity index (χ2n) is 6.44. The number of carbonyl (C=O) groups excluding carboxylic acids is 1. The lowest BCUT2D eigenvalue weighted by Gasteiger charge is -2.44. The molecule has 7 nitrogen and oxygen atoms in total. The lowest BCUT2D eigenvalue weighted by Crippen LogP contribution is -2.61. The van der Waals surface area contributed by atoms with Crippen molar-refractivity contribution >= 4 is 5.91 Å². The van der Waals surface area contributed by atoms with E-state index in [2.05, 4.69) is 15.0 Å². The molecule has 0 spiro atoms. The maximum atomic E-state index is 12.2. The third kappa shape index (κ3) is 2.69. The number of nitrogens with two attached hydrogens (primary N) is 1. The van der Waals surface area contributed by atoms with Gasteiger partial charge in [0, 0.05) is 20.1 Å². The predicted molar refractivity (Wildman–Crippen MR) is 73.6 cm³/mol. The van der Waals surface area contributed by atoms with Gasteiger partial charge in [0.25, 0.3) is 0 Å². The van der Waals surface area contributed by atoms with E-state index in [1.807, 2.05) is 34.7 Å². The lowest BCUT2D eigenvalue weighted by atomic mass is 9.98. The second kappa shape index (κ2) is 4.82. The Hall–Kier alpha value is -1.47. The van der Waals surface area contributed by atoms with Gasteiger partial charge in [-0.2, -0.15) is 4.98 Å². The summed E-state index contributed by atoms with van der Waals surface area (Å²) in [7, 11) is 1.82. The monoisotopic (exact) mass is 281 g/mol. The molecule has 20 heavy (non-hydrogen) atoms. The van der Waals surface area contributed by atoms with Crippen LogP contribution >= 0.6 is 0 Å². The fourth-order valence-electron chi connectivity index (χ4n) is 2.27. The molecule has 0 unspecified atom stereocenters. The minimum absolute atomic E-state index is 0.0997. The Balaban J connectivity index is 2.14. The number of nitrogens with zero attached hydrogens (tertiary/aromatic N) is 4. The van der Waals surface area contributed by atoms with Gasteiger partial charge in [-0.15, -0.1) is 0 Å². The molecule has 112 valence electrons. The highest BCUT2D eigenvalue weighted by Crippen LogP contribution is 2.24. The SMILES string of the molecule is CN1CCN(Cc2nc(C(C)(C)N)no2)C(C)(C)C1=O. The third-order valence-electron chi connectivity index (χ3n) is 3.74. The molecule has 1 aromatic heterocycles. The summed E-state index contributed by atoms with van der Waals surface area (Å²) in [5.74, 6) is 1.07. The van der Waals surface area contributed by atoms with Crippen LogP contribution in [0.4, 0.5) is 0 Å². The smallest absolute Gasteiger partial charge is 0.242 e. The first-order valence-electron chi connectivity index (χ1n) is 6.75. The predicted octanol–water partition coefficient (Wildman–Crippen LogP) is 0.316. The van der Waals surface area contributed by atoms with Crippen molar-refractivity contribution in [1.29, 1.82) is 0 Å². The zero-order valence-electron chi connectivity index (χ0n) is 12.8. The van der Waals surface area contributed by atoms with Crippen LogP contribution in [0.15, 0.2) is 4.52 Å². The van der Waals surface area contributed by atoms with E-state index in [0.29, 0.717) is 24.8 Å².